The number of hydrogen-bond acceptors (Lipinski definition) is 4. The number of anilines is 1. The van der Waals surface area contributed by atoms with Gasteiger partial charge in [0.1, 0.15) is 6.67 Å². The molecule has 144 valence electrons. The van der Waals surface area contributed by atoms with Crippen molar-refractivity contribution in [2.75, 3.05) is 5.32 Å². The van der Waals surface area contributed by atoms with E-state index in [1.165, 1.54) is 6.92 Å². The maximum absolute atomic E-state index is 12.7. The number of hydrogen-bond donors (Lipinski definition) is 3. The van der Waals surface area contributed by atoms with Crippen LogP contribution < -0.4 is 5.32 Å². The van der Waals surface area contributed by atoms with Crippen LogP contribution in [0.25, 0.3) is 10.9 Å². The number of fused-ring (bicyclic) bond motifs is 1. The first-order chi connectivity index (χ1) is 13.4. The maximum atomic E-state index is 12.7. The van der Waals surface area contributed by atoms with Crippen LogP contribution >= 0.6 is 11.6 Å². The number of aliphatic hydroxyl groups excluding tert-OH is 1. The second-order valence-corrected chi connectivity index (χ2v) is 6.62. The molecule has 0 spiro atoms. The third-order valence-electron chi connectivity index (χ3n) is 4.25. The topological polar surface area (TPSA) is 91.0 Å². The second-order valence-electron chi connectivity index (χ2n) is 6.21. The van der Waals surface area contributed by atoms with Crippen LogP contribution in [0.3, 0.4) is 0 Å². The molecule has 2 aromatic carbocycles. The largest absolute Gasteiger partial charge is 0.515 e. The monoisotopic (exact) mass is 400 g/mol. The summed E-state index contributed by atoms with van der Waals surface area (Å²) in [5, 5.41) is 24.8. The Morgan fingerprint density at radius 3 is 2.57 bits per heavy atom. The SMILES string of the molecule is CC(=N)/C(=C\O)C(=O)Nc1nn(Cc2ccc(CF)cc2)c2cccc(Cl)c12. The van der Waals surface area contributed by atoms with Crippen molar-refractivity contribution in [1.82, 2.24) is 9.78 Å². The van der Waals surface area contributed by atoms with Crippen molar-refractivity contribution in [2.45, 2.75) is 20.1 Å². The number of benzene rings is 2. The first-order valence-corrected chi connectivity index (χ1v) is 8.82. The average molecular weight is 401 g/mol. The zero-order chi connectivity index (χ0) is 20.3. The summed E-state index contributed by atoms with van der Waals surface area (Å²) in [7, 11) is 0. The number of nitrogens with zero attached hydrogens (tertiary/aromatic N) is 2. The van der Waals surface area contributed by atoms with Crippen LogP contribution in [0, 0.1) is 5.41 Å². The van der Waals surface area contributed by atoms with Gasteiger partial charge < -0.3 is 15.8 Å². The fourth-order valence-corrected chi connectivity index (χ4v) is 3.06. The van der Waals surface area contributed by atoms with Crippen LogP contribution in [0.4, 0.5) is 10.2 Å². The van der Waals surface area contributed by atoms with Gasteiger partial charge in [-0.15, -0.1) is 0 Å². The molecule has 0 unspecified atom stereocenters. The fraction of sp³-hybridized carbons (Fsp3) is 0.150. The predicted octanol–water partition coefficient (Wildman–Crippen LogP) is 4.63. The molecule has 3 N–H and O–H groups in total. The molecule has 0 saturated heterocycles. The van der Waals surface area contributed by atoms with E-state index in [-0.39, 0.29) is 17.1 Å². The van der Waals surface area contributed by atoms with Gasteiger partial charge in [0, 0.05) is 5.71 Å². The number of nitrogens with one attached hydrogen (secondary N) is 2. The first kappa shape index (κ1) is 19.6. The summed E-state index contributed by atoms with van der Waals surface area (Å²) in [4.78, 5) is 12.4. The molecule has 0 aliphatic heterocycles. The molecule has 28 heavy (non-hydrogen) atoms. The third kappa shape index (κ3) is 3.89. The number of aliphatic hydroxyl groups is 1. The molecule has 1 heterocycles. The molecule has 1 aromatic heterocycles. The molecular formula is C20H18ClFN4O2. The molecule has 1 amide bonds. The van der Waals surface area contributed by atoms with Crippen LogP contribution in [0.15, 0.2) is 54.3 Å². The first-order valence-electron chi connectivity index (χ1n) is 8.44. The number of alkyl halides is 1. The zero-order valence-corrected chi connectivity index (χ0v) is 15.8. The summed E-state index contributed by atoms with van der Waals surface area (Å²) < 4.78 is 14.4. The lowest BCUT2D eigenvalue weighted by atomic mass is 10.1. The van der Waals surface area contributed by atoms with Crippen molar-refractivity contribution in [2.24, 2.45) is 0 Å². The quantitative estimate of drug-likeness (QED) is 0.320. The van der Waals surface area contributed by atoms with Gasteiger partial charge in [-0.2, -0.15) is 5.10 Å². The summed E-state index contributed by atoms with van der Waals surface area (Å²) in [6.45, 7) is 1.27. The molecule has 3 aromatic rings. The number of aromatic nitrogens is 2. The molecule has 8 heteroatoms. The fourth-order valence-electron chi connectivity index (χ4n) is 2.80. The van der Waals surface area contributed by atoms with Gasteiger partial charge in [0.2, 0.25) is 0 Å². The molecule has 6 nitrogen and oxygen atoms in total. The molecule has 0 aliphatic carbocycles. The summed E-state index contributed by atoms with van der Waals surface area (Å²) in [6, 6.07) is 12.3. The number of amides is 1. The van der Waals surface area contributed by atoms with Gasteiger partial charge >= 0.3 is 0 Å². The number of halogens is 2. The Labute approximate surface area is 165 Å². The van der Waals surface area contributed by atoms with Crippen LogP contribution in [0.2, 0.25) is 5.02 Å². The molecule has 3 rings (SSSR count). The molecule has 0 radical (unpaired) electrons. The molecule has 0 aliphatic rings. The summed E-state index contributed by atoms with van der Waals surface area (Å²) >= 11 is 6.32. The summed E-state index contributed by atoms with van der Waals surface area (Å²) in [5.41, 5.74) is 1.96. The second kappa shape index (κ2) is 8.22. The van der Waals surface area contributed by atoms with Crippen molar-refractivity contribution >= 4 is 39.9 Å². The Balaban J connectivity index is 1.99. The Morgan fingerprint density at radius 1 is 1.29 bits per heavy atom. The highest BCUT2D eigenvalue weighted by Gasteiger charge is 2.19. The Hall–Kier alpha value is -3.19. The van der Waals surface area contributed by atoms with Crippen molar-refractivity contribution < 1.29 is 14.3 Å². The van der Waals surface area contributed by atoms with E-state index >= 15 is 0 Å². The summed E-state index contributed by atoms with van der Waals surface area (Å²) in [6.07, 6.45) is 0.588. The van der Waals surface area contributed by atoms with Crippen LogP contribution in [0.1, 0.15) is 18.1 Å². The van der Waals surface area contributed by atoms with Gasteiger partial charge in [0.15, 0.2) is 5.82 Å². The van der Waals surface area contributed by atoms with Crippen LogP contribution in [-0.2, 0) is 18.0 Å². The van der Waals surface area contributed by atoms with Crippen molar-refractivity contribution in [1.29, 1.82) is 5.41 Å². The van der Waals surface area contributed by atoms with Crippen LogP contribution in [0.5, 0.6) is 0 Å². The van der Waals surface area contributed by atoms with E-state index in [2.05, 4.69) is 10.4 Å². The maximum Gasteiger partial charge on any atom is 0.261 e. The highest BCUT2D eigenvalue weighted by molar-refractivity contribution is 6.37. The number of carbonyl (C=O) groups is 1. The minimum absolute atomic E-state index is 0.0808. The van der Waals surface area contributed by atoms with Crippen LogP contribution in [-0.4, -0.2) is 26.5 Å². The van der Waals surface area contributed by atoms with E-state index in [9.17, 15) is 14.3 Å². The van der Waals surface area contributed by atoms with Crippen molar-refractivity contribution in [3.63, 3.8) is 0 Å². The van der Waals surface area contributed by atoms with Gasteiger partial charge in [-0.05, 0) is 30.2 Å². The summed E-state index contributed by atoms with van der Waals surface area (Å²) in [5.74, 6) is -0.430. The van der Waals surface area contributed by atoms with Gasteiger partial charge in [0.05, 0.1) is 34.3 Å². The van der Waals surface area contributed by atoms with Crippen molar-refractivity contribution in [3.8, 4) is 0 Å². The Kier molecular flexibility index (Phi) is 5.75. The van der Waals surface area contributed by atoms with Gasteiger partial charge in [-0.3, -0.25) is 9.48 Å². The molecule has 0 fully saturated rings. The molecule has 0 bridgehead atoms. The normalized spacial score (nSPS) is 11.6. The Bertz CT molecular complexity index is 1070. The van der Waals surface area contributed by atoms with Gasteiger partial charge in [-0.25, -0.2) is 4.39 Å². The average Bonchev–Trinajstić information content (AvgIpc) is 3.01. The minimum atomic E-state index is -0.659. The van der Waals surface area contributed by atoms with E-state index in [4.69, 9.17) is 17.0 Å². The van der Waals surface area contributed by atoms with Crippen molar-refractivity contribution in [3.05, 3.63) is 70.4 Å². The lowest BCUT2D eigenvalue weighted by molar-refractivity contribution is -0.112. The Morgan fingerprint density at radius 2 is 1.96 bits per heavy atom. The highest BCUT2D eigenvalue weighted by Crippen LogP contribution is 2.31. The lowest BCUT2D eigenvalue weighted by Gasteiger charge is -2.05. The standard InChI is InChI=1S/C20H18ClFN4O2/c1-12(23)15(11-27)20(28)24-19-18-16(21)3-2-4-17(18)26(25-19)10-14-7-5-13(9-22)6-8-14/h2-8,11,23,27H,9-10H2,1H3,(H,24,25,28)/b15-11+,23-12?. The lowest BCUT2D eigenvalue weighted by Crippen LogP contribution is -2.19. The number of rotatable bonds is 6. The van der Waals surface area contributed by atoms with Gasteiger partial charge in [0.25, 0.3) is 5.91 Å². The van der Waals surface area contributed by atoms with E-state index in [0.29, 0.717) is 34.3 Å². The molecule has 0 saturated carbocycles. The van der Waals surface area contributed by atoms with E-state index in [1.807, 2.05) is 18.2 Å². The predicted molar refractivity (Wildman–Crippen MR) is 108 cm³/mol. The number of carbonyl (C=O) groups excluding carboxylic acids is 1. The smallest absolute Gasteiger partial charge is 0.261 e. The van der Waals surface area contributed by atoms with E-state index < -0.39 is 12.6 Å². The van der Waals surface area contributed by atoms with E-state index in [1.54, 1.807) is 28.9 Å². The minimum Gasteiger partial charge on any atom is -0.515 e. The molecular weight excluding hydrogens is 383 g/mol. The van der Waals surface area contributed by atoms with E-state index in [0.717, 1.165) is 5.56 Å². The zero-order valence-electron chi connectivity index (χ0n) is 15.0. The highest BCUT2D eigenvalue weighted by atomic mass is 35.5. The van der Waals surface area contributed by atoms with Gasteiger partial charge in [-0.1, -0.05) is 41.9 Å². The third-order valence-corrected chi connectivity index (χ3v) is 4.56. The molecule has 0 atom stereocenters.